The highest BCUT2D eigenvalue weighted by Gasteiger charge is 2.32. The van der Waals surface area contributed by atoms with Crippen molar-refractivity contribution in [1.82, 2.24) is 9.13 Å². The average Bonchev–Trinajstić information content (AvgIpc) is 3.57. The van der Waals surface area contributed by atoms with Crippen LogP contribution in [0.4, 0.5) is 5.69 Å². The fourth-order valence-electron chi connectivity index (χ4n) is 5.88. The molecule has 2 aromatic heterocycles. The number of nitrogens with one attached hydrogen (secondary N) is 1. The maximum absolute atomic E-state index is 14.3. The zero-order valence-electron chi connectivity index (χ0n) is 25.1. The molecule has 0 fully saturated rings. The molecule has 1 aliphatic rings. The van der Waals surface area contributed by atoms with Gasteiger partial charge in [0.2, 0.25) is 0 Å². The summed E-state index contributed by atoms with van der Waals surface area (Å²) >= 11 is 4.85. The minimum atomic E-state index is -0.674. The summed E-state index contributed by atoms with van der Waals surface area (Å²) < 4.78 is 10.8. The van der Waals surface area contributed by atoms with E-state index in [1.807, 2.05) is 91.9 Å². The Bertz CT molecular complexity index is 2300. The van der Waals surface area contributed by atoms with Crippen LogP contribution < -0.4 is 24.9 Å². The van der Waals surface area contributed by atoms with E-state index in [4.69, 9.17) is 9.73 Å². The average molecular weight is 690 g/mol. The maximum Gasteiger partial charge on any atom is 0.271 e. The molecule has 1 aliphatic heterocycles. The molecule has 1 N–H and O–H groups in total. The van der Waals surface area contributed by atoms with Crippen LogP contribution in [-0.2, 0) is 11.3 Å². The fraction of sp³-hybridized carbons (Fsp3) is 0.108. The van der Waals surface area contributed by atoms with E-state index in [-0.39, 0.29) is 11.5 Å². The monoisotopic (exact) mass is 688 g/mol. The minimum Gasteiger partial charge on any atom is -0.497 e. The van der Waals surface area contributed by atoms with Crippen molar-refractivity contribution in [1.29, 1.82) is 0 Å². The van der Waals surface area contributed by atoms with Gasteiger partial charge in [-0.2, -0.15) is 0 Å². The van der Waals surface area contributed by atoms with Crippen LogP contribution in [0.15, 0.2) is 135 Å². The molecule has 0 radical (unpaired) electrons. The second kappa shape index (κ2) is 12.4. The summed E-state index contributed by atoms with van der Waals surface area (Å²) in [6.07, 6.45) is 4.04. The van der Waals surface area contributed by atoms with Gasteiger partial charge in [-0.05, 0) is 66.6 Å². The third-order valence-electron chi connectivity index (χ3n) is 8.10. The number of thiazole rings is 1. The number of halogens is 1. The normalized spacial score (nSPS) is 14.7. The second-order valence-corrected chi connectivity index (χ2v) is 13.0. The van der Waals surface area contributed by atoms with Gasteiger partial charge in [0.1, 0.15) is 5.75 Å². The van der Waals surface area contributed by atoms with Gasteiger partial charge in [-0.3, -0.25) is 14.2 Å². The number of carbonyl (C=O) groups is 1. The number of aromatic nitrogens is 2. The quantitative estimate of drug-likeness (QED) is 0.204. The number of methoxy groups -OCH3 is 1. The highest BCUT2D eigenvalue weighted by molar-refractivity contribution is 9.10. The molecule has 0 bridgehead atoms. The SMILES string of the molecule is COc1ccc(C2C(C(=O)Nc3ccccc3)=C(C)N=c3sc(=Cc4cn(Cc5ccc(Br)cc5)c5ccccc45)c(=O)n32)cc1. The van der Waals surface area contributed by atoms with Crippen LogP contribution in [0.2, 0.25) is 0 Å². The van der Waals surface area contributed by atoms with E-state index in [0.717, 1.165) is 26.5 Å². The predicted molar refractivity (Wildman–Crippen MR) is 187 cm³/mol. The van der Waals surface area contributed by atoms with Crippen LogP contribution in [-0.4, -0.2) is 22.2 Å². The Balaban J connectivity index is 1.35. The van der Waals surface area contributed by atoms with Gasteiger partial charge in [0, 0.05) is 39.4 Å². The number of ether oxygens (including phenoxy) is 1. The number of benzene rings is 4. The molecule has 228 valence electrons. The summed E-state index contributed by atoms with van der Waals surface area (Å²) in [6.45, 7) is 2.52. The lowest BCUT2D eigenvalue weighted by molar-refractivity contribution is -0.113. The molecule has 46 heavy (non-hydrogen) atoms. The van der Waals surface area contributed by atoms with Crippen LogP contribution in [0.25, 0.3) is 17.0 Å². The van der Waals surface area contributed by atoms with Crippen LogP contribution in [0.5, 0.6) is 5.75 Å². The van der Waals surface area contributed by atoms with Crippen molar-refractivity contribution < 1.29 is 9.53 Å². The number of carbonyl (C=O) groups excluding carboxylic acids is 1. The Morgan fingerprint density at radius 2 is 1.70 bits per heavy atom. The van der Waals surface area contributed by atoms with E-state index in [0.29, 0.717) is 38.6 Å². The van der Waals surface area contributed by atoms with Crippen molar-refractivity contribution in [2.75, 3.05) is 12.4 Å². The first-order chi connectivity index (χ1) is 22.4. The summed E-state index contributed by atoms with van der Waals surface area (Å²) in [6, 6.07) is 32.6. The first-order valence-electron chi connectivity index (χ1n) is 14.7. The van der Waals surface area contributed by atoms with Crippen LogP contribution in [0.1, 0.15) is 29.7 Å². The first kappa shape index (κ1) is 29.7. The second-order valence-electron chi connectivity index (χ2n) is 11.0. The van der Waals surface area contributed by atoms with Gasteiger partial charge < -0.3 is 14.6 Å². The van der Waals surface area contributed by atoms with E-state index in [9.17, 15) is 9.59 Å². The minimum absolute atomic E-state index is 0.202. The summed E-state index contributed by atoms with van der Waals surface area (Å²) in [4.78, 5) is 33.5. The molecule has 3 heterocycles. The number of para-hydroxylation sites is 2. The van der Waals surface area contributed by atoms with Crippen molar-refractivity contribution in [2.45, 2.75) is 19.5 Å². The Morgan fingerprint density at radius 1 is 0.978 bits per heavy atom. The lowest BCUT2D eigenvalue weighted by atomic mass is 9.95. The van der Waals surface area contributed by atoms with Crippen molar-refractivity contribution in [2.24, 2.45) is 4.99 Å². The van der Waals surface area contributed by atoms with E-state index in [2.05, 4.69) is 56.3 Å². The van der Waals surface area contributed by atoms with E-state index >= 15 is 0 Å². The fourth-order valence-corrected chi connectivity index (χ4v) is 7.18. The molecule has 4 aromatic carbocycles. The van der Waals surface area contributed by atoms with Gasteiger partial charge in [0.25, 0.3) is 11.5 Å². The number of nitrogens with zero attached hydrogens (tertiary/aromatic N) is 3. The summed E-state index contributed by atoms with van der Waals surface area (Å²) in [5.41, 5.74) is 5.42. The summed E-state index contributed by atoms with van der Waals surface area (Å²) in [7, 11) is 1.61. The molecule has 0 saturated heterocycles. The Morgan fingerprint density at radius 3 is 2.43 bits per heavy atom. The molecule has 1 unspecified atom stereocenters. The molecular weight excluding hydrogens is 660 g/mol. The van der Waals surface area contributed by atoms with Crippen LogP contribution in [0.3, 0.4) is 0 Å². The number of amides is 1. The number of anilines is 1. The standard InChI is InChI=1S/C37H29BrN4O3S/c1-23-33(35(43)40-28-8-4-3-5-9-28)34(25-14-18-29(45-2)19-15-25)42-36(44)32(46-37(42)39-23)20-26-22-41(31-11-7-6-10-30(26)31)21-24-12-16-27(38)17-13-24/h3-20,22,34H,21H2,1-2H3,(H,40,43). The van der Waals surface area contributed by atoms with Crippen LogP contribution in [0, 0.1) is 0 Å². The number of rotatable bonds is 7. The van der Waals surface area contributed by atoms with E-state index < -0.39 is 6.04 Å². The third kappa shape index (κ3) is 5.63. The molecular formula is C37H29BrN4O3S. The topological polar surface area (TPSA) is 77.6 Å². The molecule has 7 nitrogen and oxygen atoms in total. The largest absolute Gasteiger partial charge is 0.497 e. The molecule has 1 amide bonds. The molecule has 6 aromatic rings. The number of fused-ring (bicyclic) bond motifs is 2. The highest BCUT2D eigenvalue weighted by Crippen LogP contribution is 2.32. The Kier molecular flexibility index (Phi) is 8.02. The van der Waals surface area contributed by atoms with Crippen LogP contribution >= 0.6 is 27.3 Å². The summed E-state index contributed by atoms with van der Waals surface area (Å²) in [5, 5.41) is 4.05. The molecule has 7 rings (SSSR count). The van der Waals surface area contributed by atoms with Crippen molar-refractivity contribution in [3.63, 3.8) is 0 Å². The van der Waals surface area contributed by atoms with Crippen molar-refractivity contribution in [3.05, 3.63) is 161 Å². The summed E-state index contributed by atoms with van der Waals surface area (Å²) in [5.74, 6) is 0.380. The van der Waals surface area contributed by atoms with Crippen molar-refractivity contribution in [3.8, 4) is 5.75 Å². The van der Waals surface area contributed by atoms with E-state index in [1.54, 1.807) is 11.7 Å². The lowest BCUT2D eigenvalue weighted by Gasteiger charge is -2.25. The Hall–Kier alpha value is -4.99. The van der Waals surface area contributed by atoms with Gasteiger partial charge in [-0.25, -0.2) is 4.99 Å². The molecule has 0 aliphatic carbocycles. The zero-order chi connectivity index (χ0) is 31.8. The number of hydrogen-bond acceptors (Lipinski definition) is 5. The lowest BCUT2D eigenvalue weighted by Crippen LogP contribution is -2.40. The van der Waals surface area contributed by atoms with Gasteiger partial charge >= 0.3 is 0 Å². The van der Waals surface area contributed by atoms with E-state index in [1.165, 1.54) is 16.9 Å². The maximum atomic E-state index is 14.3. The van der Waals surface area contributed by atoms with Crippen molar-refractivity contribution >= 4 is 55.8 Å². The Labute approximate surface area is 277 Å². The van der Waals surface area contributed by atoms with Gasteiger partial charge in [-0.15, -0.1) is 0 Å². The highest BCUT2D eigenvalue weighted by atomic mass is 79.9. The number of allylic oxidation sites excluding steroid dienone is 1. The van der Waals surface area contributed by atoms with Gasteiger partial charge in [-0.1, -0.05) is 87.9 Å². The van der Waals surface area contributed by atoms with Gasteiger partial charge in [0.05, 0.1) is 29.0 Å². The molecule has 0 spiro atoms. The molecule has 1 atom stereocenters. The van der Waals surface area contributed by atoms with Gasteiger partial charge in [0.15, 0.2) is 4.80 Å². The zero-order valence-corrected chi connectivity index (χ0v) is 27.5. The first-order valence-corrected chi connectivity index (χ1v) is 16.4. The molecule has 0 saturated carbocycles. The molecule has 9 heteroatoms. The third-order valence-corrected chi connectivity index (χ3v) is 9.61. The predicted octanol–water partition coefficient (Wildman–Crippen LogP) is 6.65. The smallest absolute Gasteiger partial charge is 0.271 e. The number of hydrogen-bond donors (Lipinski definition) is 1.